The molecule has 0 aliphatic rings. The smallest absolute Gasteiger partial charge is 0.333 e. The van der Waals surface area contributed by atoms with Crippen molar-refractivity contribution in [2.45, 2.75) is 32.6 Å². The van der Waals surface area contributed by atoms with Gasteiger partial charge in [0, 0.05) is 12.0 Å². The lowest BCUT2D eigenvalue weighted by Gasteiger charge is -2.04. The standard InChI is InChI=1S/C10H16O4/c1-3-4-7-14-10(13)8(2)5-6-9(11)12/h2-7H2,1H3,(H,11,12). The first-order chi connectivity index (χ1) is 6.57. The second-order valence-electron chi connectivity index (χ2n) is 2.99. The fourth-order valence-electron chi connectivity index (χ4n) is 0.771. The highest BCUT2D eigenvalue weighted by molar-refractivity contribution is 5.88. The third-order valence-corrected chi connectivity index (χ3v) is 1.66. The minimum Gasteiger partial charge on any atom is -0.481 e. The first kappa shape index (κ1) is 12.7. The molecule has 1 N–H and O–H groups in total. The molecule has 0 saturated heterocycles. The number of hydrogen-bond acceptors (Lipinski definition) is 3. The molecule has 0 amide bonds. The van der Waals surface area contributed by atoms with Crippen molar-refractivity contribution in [2.75, 3.05) is 6.61 Å². The number of esters is 1. The normalized spacial score (nSPS) is 9.50. The quantitative estimate of drug-likeness (QED) is 0.386. The first-order valence-corrected chi connectivity index (χ1v) is 4.64. The highest BCUT2D eigenvalue weighted by Gasteiger charge is 2.09. The van der Waals surface area contributed by atoms with Gasteiger partial charge in [0.15, 0.2) is 0 Å². The summed E-state index contributed by atoms with van der Waals surface area (Å²) in [6.07, 6.45) is 1.84. The molecule has 0 rings (SSSR count). The zero-order chi connectivity index (χ0) is 11.0. The maximum atomic E-state index is 11.1. The van der Waals surface area contributed by atoms with E-state index in [0.717, 1.165) is 12.8 Å². The summed E-state index contributed by atoms with van der Waals surface area (Å²) in [5.41, 5.74) is 0.225. The number of carbonyl (C=O) groups is 2. The Labute approximate surface area is 83.6 Å². The third-order valence-electron chi connectivity index (χ3n) is 1.66. The van der Waals surface area contributed by atoms with Gasteiger partial charge in [-0.1, -0.05) is 19.9 Å². The zero-order valence-corrected chi connectivity index (χ0v) is 8.41. The number of hydrogen-bond donors (Lipinski definition) is 1. The molecule has 4 heteroatoms. The van der Waals surface area contributed by atoms with Gasteiger partial charge in [-0.15, -0.1) is 0 Å². The van der Waals surface area contributed by atoms with Crippen LogP contribution in [0.4, 0.5) is 0 Å². The molecule has 0 aliphatic heterocycles. The molecule has 14 heavy (non-hydrogen) atoms. The first-order valence-electron chi connectivity index (χ1n) is 4.64. The number of aliphatic carboxylic acids is 1. The number of carbonyl (C=O) groups excluding carboxylic acids is 1. The second-order valence-corrected chi connectivity index (χ2v) is 2.99. The molecule has 0 atom stereocenters. The molecule has 0 aromatic carbocycles. The molecule has 0 unspecified atom stereocenters. The van der Waals surface area contributed by atoms with Crippen molar-refractivity contribution in [2.24, 2.45) is 0 Å². The van der Waals surface area contributed by atoms with Gasteiger partial charge >= 0.3 is 11.9 Å². The van der Waals surface area contributed by atoms with Gasteiger partial charge in [0.2, 0.25) is 0 Å². The average molecular weight is 200 g/mol. The minimum atomic E-state index is -0.937. The fourth-order valence-corrected chi connectivity index (χ4v) is 0.771. The average Bonchev–Trinajstić information content (AvgIpc) is 2.14. The lowest BCUT2D eigenvalue weighted by Crippen LogP contribution is -2.09. The van der Waals surface area contributed by atoms with Crippen LogP contribution in [-0.4, -0.2) is 23.7 Å². The van der Waals surface area contributed by atoms with Crippen molar-refractivity contribution in [1.82, 2.24) is 0 Å². The molecule has 80 valence electrons. The lowest BCUT2D eigenvalue weighted by molar-refractivity contribution is -0.139. The van der Waals surface area contributed by atoms with E-state index in [1.807, 2.05) is 6.92 Å². The summed E-state index contributed by atoms with van der Waals surface area (Å²) in [6.45, 7) is 5.84. The monoisotopic (exact) mass is 200 g/mol. The van der Waals surface area contributed by atoms with Crippen LogP contribution in [0.3, 0.4) is 0 Å². The maximum Gasteiger partial charge on any atom is 0.333 e. The van der Waals surface area contributed by atoms with Crippen LogP contribution in [0.25, 0.3) is 0 Å². The van der Waals surface area contributed by atoms with Crippen LogP contribution in [0.1, 0.15) is 32.6 Å². The van der Waals surface area contributed by atoms with Gasteiger partial charge in [0.1, 0.15) is 0 Å². The van der Waals surface area contributed by atoms with Crippen molar-refractivity contribution < 1.29 is 19.4 Å². The van der Waals surface area contributed by atoms with Crippen molar-refractivity contribution in [3.05, 3.63) is 12.2 Å². The molecule has 0 heterocycles. The third kappa shape index (κ3) is 6.22. The van der Waals surface area contributed by atoms with E-state index in [9.17, 15) is 9.59 Å². The molecule has 0 saturated carbocycles. The van der Waals surface area contributed by atoms with Crippen LogP contribution in [0.5, 0.6) is 0 Å². The number of ether oxygens (including phenoxy) is 1. The Balaban J connectivity index is 3.65. The van der Waals surface area contributed by atoms with Gasteiger partial charge in [-0.05, 0) is 12.8 Å². The Bertz CT molecular complexity index is 220. The zero-order valence-electron chi connectivity index (χ0n) is 8.41. The predicted molar refractivity (Wildman–Crippen MR) is 51.9 cm³/mol. The van der Waals surface area contributed by atoms with E-state index in [-0.39, 0.29) is 18.4 Å². The van der Waals surface area contributed by atoms with Gasteiger partial charge in [0.05, 0.1) is 6.61 Å². The van der Waals surface area contributed by atoms with Crippen LogP contribution in [0.15, 0.2) is 12.2 Å². The molecule has 0 radical (unpaired) electrons. The van der Waals surface area contributed by atoms with Crippen molar-refractivity contribution in [3.63, 3.8) is 0 Å². The topological polar surface area (TPSA) is 63.6 Å². The van der Waals surface area contributed by atoms with E-state index in [4.69, 9.17) is 9.84 Å². The molecule has 0 aromatic rings. The van der Waals surface area contributed by atoms with E-state index in [1.54, 1.807) is 0 Å². The molecule has 0 bridgehead atoms. The van der Waals surface area contributed by atoms with E-state index >= 15 is 0 Å². The van der Waals surface area contributed by atoms with Crippen molar-refractivity contribution in [3.8, 4) is 0 Å². The summed E-state index contributed by atoms with van der Waals surface area (Å²) < 4.78 is 4.85. The molecular formula is C10H16O4. The van der Waals surface area contributed by atoms with Crippen LogP contribution < -0.4 is 0 Å². The lowest BCUT2D eigenvalue weighted by atomic mass is 10.2. The molecule has 0 aromatic heterocycles. The Morgan fingerprint density at radius 2 is 2.00 bits per heavy atom. The Hall–Kier alpha value is -1.32. The highest BCUT2D eigenvalue weighted by atomic mass is 16.5. The molecule has 0 fully saturated rings. The SMILES string of the molecule is C=C(CCC(=O)O)C(=O)OCCCC. The van der Waals surface area contributed by atoms with Crippen LogP contribution in [-0.2, 0) is 14.3 Å². The van der Waals surface area contributed by atoms with E-state index in [1.165, 1.54) is 0 Å². The van der Waals surface area contributed by atoms with Gasteiger partial charge in [0.25, 0.3) is 0 Å². The number of carboxylic acid groups (broad SMARTS) is 1. The summed E-state index contributed by atoms with van der Waals surface area (Å²) in [5, 5.41) is 8.37. The van der Waals surface area contributed by atoms with Crippen LogP contribution in [0, 0.1) is 0 Å². The van der Waals surface area contributed by atoms with Gasteiger partial charge in [-0.25, -0.2) is 4.79 Å². The Kier molecular flexibility index (Phi) is 6.45. The fraction of sp³-hybridized carbons (Fsp3) is 0.600. The van der Waals surface area contributed by atoms with Crippen LogP contribution >= 0.6 is 0 Å². The summed E-state index contributed by atoms with van der Waals surface area (Å²) in [4.78, 5) is 21.3. The summed E-state index contributed by atoms with van der Waals surface area (Å²) in [5.74, 6) is -1.42. The molecule has 0 spiro atoms. The Morgan fingerprint density at radius 3 is 2.50 bits per heavy atom. The number of carboxylic acids is 1. The van der Waals surface area contributed by atoms with E-state index < -0.39 is 11.9 Å². The van der Waals surface area contributed by atoms with E-state index in [2.05, 4.69) is 6.58 Å². The van der Waals surface area contributed by atoms with Gasteiger partial charge in [-0.2, -0.15) is 0 Å². The van der Waals surface area contributed by atoms with Crippen molar-refractivity contribution >= 4 is 11.9 Å². The van der Waals surface area contributed by atoms with Crippen molar-refractivity contribution in [1.29, 1.82) is 0 Å². The van der Waals surface area contributed by atoms with Gasteiger partial charge < -0.3 is 9.84 Å². The van der Waals surface area contributed by atoms with E-state index in [0.29, 0.717) is 6.61 Å². The highest BCUT2D eigenvalue weighted by Crippen LogP contribution is 2.05. The van der Waals surface area contributed by atoms with Crippen LogP contribution in [0.2, 0.25) is 0 Å². The number of unbranched alkanes of at least 4 members (excludes halogenated alkanes) is 1. The molecule has 4 nitrogen and oxygen atoms in total. The minimum absolute atomic E-state index is 0.0816. The number of rotatable bonds is 7. The van der Waals surface area contributed by atoms with Gasteiger partial charge in [-0.3, -0.25) is 4.79 Å². The summed E-state index contributed by atoms with van der Waals surface area (Å²) in [7, 11) is 0. The maximum absolute atomic E-state index is 11.1. The molecule has 0 aliphatic carbocycles. The Morgan fingerprint density at radius 1 is 1.36 bits per heavy atom. The molecular weight excluding hydrogens is 184 g/mol. The largest absolute Gasteiger partial charge is 0.481 e. The second kappa shape index (κ2) is 7.12. The predicted octanol–water partition coefficient (Wildman–Crippen LogP) is 1.75. The summed E-state index contributed by atoms with van der Waals surface area (Å²) >= 11 is 0. The summed E-state index contributed by atoms with van der Waals surface area (Å²) in [6, 6.07) is 0.